The van der Waals surface area contributed by atoms with Crippen molar-refractivity contribution < 1.29 is 19.2 Å². The number of nitro benzene ring substituents is 1. The molecule has 1 aliphatic carbocycles. The van der Waals surface area contributed by atoms with Gasteiger partial charge in [0.2, 0.25) is 5.75 Å². The van der Waals surface area contributed by atoms with Crippen LogP contribution in [0.3, 0.4) is 0 Å². The Kier molecular flexibility index (Phi) is 4.58. The van der Waals surface area contributed by atoms with E-state index in [1.54, 1.807) is 0 Å². The number of nitro groups is 1. The van der Waals surface area contributed by atoms with E-state index in [0.29, 0.717) is 34.8 Å². The molecule has 9 heteroatoms. The van der Waals surface area contributed by atoms with Crippen LogP contribution < -0.4 is 20.1 Å². The molecule has 132 valence electrons. The Balaban J connectivity index is 2.19. The first kappa shape index (κ1) is 17.2. The van der Waals surface area contributed by atoms with Crippen LogP contribution in [0.25, 0.3) is 0 Å². The molecule has 0 amide bonds. The van der Waals surface area contributed by atoms with E-state index < -0.39 is 11.0 Å². The summed E-state index contributed by atoms with van der Waals surface area (Å²) in [5.74, 6) is 0.468. The number of ketones is 1. The summed E-state index contributed by atoms with van der Waals surface area (Å²) in [6.07, 6.45) is 1.89. The zero-order chi connectivity index (χ0) is 18.1. The SMILES string of the molecule is COc1cc(OC)c([N+](=O)[O-])cc1C1NC(=S)NC2=C1C(=O)CCC2. The van der Waals surface area contributed by atoms with Crippen molar-refractivity contribution in [1.29, 1.82) is 0 Å². The quantitative estimate of drug-likeness (QED) is 0.476. The van der Waals surface area contributed by atoms with Crippen LogP contribution >= 0.6 is 12.2 Å². The average molecular weight is 363 g/mol. The lowest BCUT2D eigenvalue weighted by molar-refractivity contribution is -0.385. The summed E-state index contributed by atoms with van der Waals surface area (Å²) in [6.45, 7) is 0. The molecule has 8 nitrogen and oxygen atoms in total. The van der Waals surface area contributed by atoms with Gasteiger partial charge in [-0.15, -0.1) is 0 Å². The fourth-order valence-electron chi connectivity index (χ4n) is 3.21. The molecule has 1 heterocycles. The van der Waals surface area contributed by atoms with Gasteiger partial charge in [0.1, 0.15) is 5.75 Å². The first-order chi connectivity index (χ1) is 12.0. The summed E-state index contributed by atoms with van der Waals surface area (Å²) in [4.78, 5) is 23.3. The van der Waals surface area contributed by atoms with E-state index >= 15 is 0 Å². The second-order valence-electron chi connectivity index (χ2n) is 5.72. The zero-order valence-corrected chi connectivity index (χ0v) is 14.6. The highest BCUT2D eigenvalue weighted by Crippen LogP contribution is 2.42. The van der Waals surface area contributed by atoms with Crippen molar-refractivity contribution in [2.45, 2.75) is 25.3 Å². The molecule has 0 spiro atoms. The van der Waals surface area contributed by atoms with Crippen LogP contribution in [-0.2, 0) is 4.79 Å². The predicted molar refractivity (Wildman–Crippen MR) is 93.7 cm³/mol. The molecule has 3 rings (SSSR count). The lowest BCUT2D eigenvalue weighted by Gasteiger charge is -2.34. The van der Waals surface area contributed by atoms with Crippen molar-refractivity contribution in [3.63, 3.8) is 0 Å². The topological polar surface area (TPSA) is 103 Å². The highest BCUT2D eigenvalue weighted by Gasteiger charge is 2.36. The number of hydrogen-bond donors (Lipinski definition) is 2. The number of methoxy groups -OCH3 is 2. The number of allylic oxidation sites excluding steroid dienone is 1. The smallest absolute Gasteiger partial charge is 0.311 e. The highest BCUT2D eigenvalue weighted by molar-refractivity contribution is 7.80. The molecule has 1 atom stereocenters. The van der Waals surface area contributed by atoms with Crippen LogP contribution in [0.5, 0.6) is 11.5 Å². The molecule has 0 aromatic heterocycles. The van der Waals surface area contributed by atoms with Crippen molar-refractivity contribution in [3.8, 4) is 11.5 Å². The standard InChI is InChI=1S/C16H17N3O5S/c1-23-12-7-13(24-2)10(19(21)22)6-8(12)15-14-9(17-16(25)18-15)4-3-5-11(14)20/h6-7,15H,3-5H2,1-2H3,(H2,17,18,25). The Bertz CT molecular complexity index is 805. The molecule has 1 aromatic rings. The number of thiocarbonyl (C=S) groups is 1. The Hall–Kier alpha value is -2.68. The van der Waals surface area contributed by atoms with E-state index in [1.807, 2.05) is 0 Å². The second kappa shape index (κ2) is 6.67. The van der Waals surface area contributed by atoms with E-state index in [2.05, 4.69) is 10.6 Å². The van der Waals surface area contributed by atoms with Crippen molar-refractivity contribution in [3.05, 3.63) is 39.1 Å². The fourth-order valence-corrected chi connectivity index (χ4v) is 3.45. The van der Waals surface area contributed by atoms with Gasteiger partial charge in [-0.1, -0.05) is 0 Å². The summed E-state index contributed by atoms with van der Waals surface area (Å²) < 4.78 is 10.5. The minimum Gasteiger partial charge on any atom is -0.496 e. The summed E-state index contributed by atoms with van der Waals surface area (Å²) in [6, 6.07) is 2.22. The molecule has 2 N–H and O–H groups in total. The molecular weight excluding hydrogens is 346 g/mol. The molecule has 0 bridgehead atoms. The molecule has 0 saturated heterocycles. The maximum Gasteiger partial charge on any atom is 0.311 e. The number of nitrogens with zero attached hydrogens (tertiary/aromatic N) is 1. The Morgan fingerprint density at radius 2 is 1.96 bits per heavy atom. The summed E-state index contributed by atoms with van der Waals surface area (Å²) in [7, 11) is 2.81. The lowest BCUT2D eigenvalue weighted by atomic mass is 9.85. The predicted octanol–water partition coefficient (Wildman–Crippen LogP) is 2.14. The minimum absolute atomic E-state index is 0.00530. The van der Waals surface area contributed by atoms with Crippen LogP contribution in [0, 0.1) is 10.1 Å². The fraction of sp³-hybridized carbons (Fsp3) is 0.375. The van der Waals surface area contributed by atoms with Gasteiger partial charge in [0.25, 0.3) is 0 Å². The first-order valence-electron chi connectivity index (χ1n) is 7.70. The van der Waals surface area contributed by atoms with Crippen LogP contribution in [0.4, 0.5) is 5.69 Å². The number of Topliss-reactive ketones (excluding diaryl/α,β-unsaturated/α-hetero) is 1. The molecular formula is C16H17N3O5S. The number of carbonyl (C=O) groups is 1. The maximum absolute atomic E-state index is 12.5. The highest BCUT2D eigenvalue weighted by atomic mass is 32.1. The van der Waals surface area contributed by atoms with Gasteiger partial charge in [-0.25, -0.2) is 0 Å². The lowest BCUT2D eigenvalue weighted by Crippen LogP contribution is -2.46. The van der Waals surface area contributed by atoms with Gasteiger partial charge in [-0.05, 0) is 25.1 Å². The van der Waals surface area contributed by atoms with Gasteiger partial charge >= 0.3 is 5.69 Å². The van der Waals surface area contributed by atoms with Gasteiger partial charge in [0.15, 0.2) is 10.9 Å². The number of nitrogens with one attached hydrogen (secondary N) is 2. The molecule has 1 unspecified atom stereocenters. The molecule has 1 aromatic carbocycles. The monoisotopic (exact) mass is 363 g/mol. The number of ether oxygens (including phenoxy) is 2. The second-order valence-corrected chi connectivity index (χ2v) is 6.13. The summed E-state index contributed by atoms with van der Waals surface area (Å²) in [5.41, 5.74) is 1.60. The van der Waals surface area contributed by atoms with Crippen LogP contribution in [0.2, 0.25) is 0 Å². The molecule has 0 radical (unpaired) electrons. The van der Waals surface area contributed by atoms with Gasteiger partial charge in [0.05, 0.1) is 25.2 Å². The Morgan fingerprint density at radius 3 is 2.60 bits per heavy atom. The number of hydrogen-bond acceptors (Lipinski definition) is 6. The largest absolute Gasteiger partial charge is 0.496 e. The third kappa shape index (κ3) is 3.02. The molecule has 0 fully saturated rings. The molecule has 0 saturated carbocycles. The third-order valence-corrected chi connectivity index (χ3v) is 4.54. The summed E-state index contributed by atoms with van der Waals surface area (Å²) >= 11 is 5.24. The Labute approximate surface area is 149 Å². The van der Waals surface area contributed by atoms with Gasteiger partial charge < -0.3 is 20.1 Å². The van der Waals surface area contributed by atoms with Crippen LogP contribution in [0.1, 0.15) is 30.9 Å². The minimum atomic E-state index is -0.601. The van der Waals surface area contributed by atoms with Gasteiger partial charge in [-0.2, -0.15) is 0 Å². The van der Waals surface area contributed by atoms with Crippen molar-refractivity contribution in [1.82, 2.24) is 10.6 Å². The van der Waals surface area contributed by atoms with Crippen molar-refractivity contribution in [2.75, 3.05) is 14.2 Å². The van der Waals surface area contributed by atoms with Crippen molar-refractivity contribution >= 4 is 28.8 Å². The number of rotatable bonds is 4. The van der Waals surface area contributed by atoms with E-state index in [-0.39, 0.29) is 17.2 Å². The van der Waals surface area contributed by atoms with Gasteiger partial charge in [0, 0.05) is 35.4 Å². The van der Waals surface area contributed by atoms with Crippen molar-refractivity contribution in [2.24, 2.45) is 0 Å². The Morgan fingerprint density at radius 1 is 1.24 bits per heavy atom. The summed E-state index contributed by atoms with van der Waals surface area (Å²) in [5, 5.41) is 17.8. The third-order valence-electron chi connectivity index (χ3n) is 4.32. The zero-order valence-electron chi connectivity index (χ0n) is 13.8. The normalized spacial score (nSPS) is 19.7. The maximum atomic E-state index is 12.5. The first-order valence-corrected chi connectivity index (χ1v) is 8.11. The van der Waals surface area contributed by atoms with Crippen LogP contribution in [-0.4, -0.2) is 30.0 Å². The molecule has 25 heavy (non-hydrogen) atoms. The average Bonchev–Trinajstić information content (AvgIpc) is 2.59. The molecule has 2 aliphatic rings. The van der Waals surface area contributed by atoms with E-state index in [1.165, 1.54) is 26.4 Å². The molecule has 1 aliphatic heterocycles. The van der Waals surface area contributed by atoms with E-state index in [4.69, 9.17) is 21.7 Å². The van der Waals surface area contributed by atoms with E-state index in [0.717, 1.165) is 12.1 Å². The van der Waals surface area contributed by atoms with Crippen LogP contribution in [0.15, 0.2) is 23.4 Å². The van der Waals surface area contributed by atoms with Gasteiger partial charge in [-0.3, -0.25) is 14.9 Å². The number of benzene rings is 1. The number of carbonyl (C=O) groups excluding carboxylic acids is 1. The van der Waals surface area contributed by atoms with E-state index in [9.17, 15) is 14.9 Å².